The summed E-state index contributed by atoms with van der Waals surface area (Å²) in [6, 6.07) is 10.4. The SMILES string of the molecule is C=C1C[C@@H](CO[Si](C)(C)C(C)(C)C)N(C(=O)c2cc(OC)c(OCCCOc3cc(NC(=O)OCc4ccc(NC(=O)[C@H](C)NC(=O)[C@@H](NC(=O)CCOCCOC)C(C)C)cc4)c(C(=O)N4CC(=C)C[C@H]4CO[Si](C)(C)C(C)(C)C)cc3OC)cc2N)C1. The molecular formula is C65H99N7O15Si2. The summed E-state index contributed by atoms with van der Waals surface area (Å²) in [6.45, 7) is 37.6. The van der Waals surface area contributed by atoms with E-state index in [1.165, 1.54) is 33.3 Å². The van der Waals surface area contributed by atoms with Crippen molar-refractivity contribution in [3.8, 4) is 23.0 Å². The van der Waals surface area contributed by atoms with E-state index in [2.05, 4.69) is 102 Å². The van der Waals surface area contributed by atoms with Gasteiger partial charge in [0.1, 0.15) is 18.7 Å². The predicted molar refractivity (Wildman–Crippen MR) is 350 cm³/mol. The Morgan fingerprint density at radius 3 is 1.67 bits per heavy atom. The number of hydrogen-bond donors (Lipinski definition) is 5. The van der Waals surface area contributed by atoms with Gasteiger partial charge in [-0.05, 0) is 91.8 Å². The first-order valence-corrected chi connectivity index (χ1v) is 36.2. The Bertz CT molecular complexity index is 2980. The third-order valence-electron chi connectivity index (χ3n) is 16.8. The minimum Gasteiger partial charge on any atom is -0.493 e. The summed E-state index contributed by atoms with van der Waals surface area (Å²) < 4.78 is 53.1. The van der Waals surface area contributed by atoms with E-state index >= 15 is 0 Å². The quantitative estimate of drug-likeness (QED) is 0.0174. The zero-order chi connectivity index (χ0) is 66.2. The molecule has 492 valence electrons. The second-order valence-corrected chi connectivity index (χ2v) is 35.8. The van der Waals surface area contributed by atoms with Crippen molar-refractivity contribution in [3.05, 3.63) is 89.5 Å². The number of carbonyl (C=O) groups is 6. The molecule has 89 heavy (non-hydrogen) atoms. The van der Waals surface area contributed by atoms with Crippen LogP contribution >= 0.6 is 0 Å². The van der Waals surface area contributed by atoms with Crippen LogP contribution in [0.3, 0.4) is 0 Å². The average Bonchev–Trinajstić information content (AvgIpc) is 1.95. The van der Waals surface area contributed by atoms with Crippen molar-refractivity contribution in [1.29, 1.82) is 0 Å². The van der Waals surface area contributed by atoms with E-state index in [1.807, 2.05) is 0 Å². The first kappa shape index (κ1) is 72.8. The molecule has 3 aromatic rings. The first-order valence-electron chi connectivity index (χ1n) is 30.4. The lowest BCUT2D eigenvalue weighted by Crippen LogP contribution is -2.53. The summed E-state index contributed by atoms with van der Waals surface area (Å²) >= 11 is 0. The number of ether oxygens (including phenoxy) is 7. The van der Waals surface area contributed by atoms with Gasteiger partial charge in [-0.25, -0.2) is 4.79 Å². The number of carbonyl (C=O) groups excluding carboxylic acids is 6. The van der Waals surface area contributed by atoms with Crippen molar-refractivity contribution in [2.24, 2.45) is 5.92 Å². The summed E-state index contributed by atoms with van der Waals surface area (Å²) in [4.78, 5) is 85.2. The van der Waals surface area contributed by atoms with Gasteiger partial charge < -0.3 is 73.5 Å². The number of methoxy groups -OCH3 is 3. The summed E-state index contributed by atoms with van der Waals surface area (Å²) in [5, 5.41) is 10.9. The van der Waals surface area contributed by atoms with Crippen LogP contribution in [0.4, 0.5) is 21.9 Å². The van der Waals surface area contributed by atoms with Crippen LogP contribution < -0.4 is 45.9 Å². The molecule has 2 saturated heterocycles. The molecule has 0 spiro atoms. The Hall–Kier alpha value is -6.97. The van der Waals surface area contributed by atoms with E-state index < -0.39 is 52.5 Å². The molecule has 2 heterocycles. The highest BCUT2D eigenvalue weighted by Gasteiger charge is 2.42. The molecule has 0 aromatic heterocycles. The molecule has 0 saturated carbocycles. The maximum Gasteiger partial charge on any atom is 0.411 e. The van der Waals surface area contributed by atoms with Crippen molar-refractivity contribution in [1.82, 2.24) is 20.4 Å². The molecule has 0 radical (unpaired) electrons. The molecule has 22 nitrogen and oxygen atoms in total. The van der Waals surface area contributed by atoms with Gasteiger partial charge in [0.2, 0.25) is 17.7 Å². The molecule has 0 unspecified atom stereocenters. The van der Waals surface area contributed by atoms with Crippen molar-refractivity contribution < 1.29 is 70.8 Å². The first-order chi connectivity index (χ1) is 41.7. The minimum absolute atomic E-state index is 0.00898. The third kappa shape index (κ3) is 20.5. The Morgan fingerprint density at radius 1 is 0.652 bits per heavy atom. The predicted octanol–water partition coefficient (Wildman–Crippen LogP) is 10.1. The Kier molecular flexibility index (Phi) is 26.3. The number of nitrogen functional groups attached to an aromatic ring is 1. The van der Waals surface area contributed by atoms with Crippen LogP contribution in [0.15, 0.2) is 72.8 Å². The summed E-state index contributed by atoms with van der Waals surface area (Å²) in [5.41, 5.74) is 10.1. The molecule has 2 fully saturated rings. The molecule has 2 aliphatic rings. The lowest BCUT2D eigenvalue weighted by molar-refractivity contribution is -0.132. The van der Waals surface area contributed by atoms with E-state index in [9.17, 15) is 28.8 Å². The van der Waals surface area contributed by atoms with E-state index in [4.69, 9.17) is 47.7 Å². The van der Waals surface area contributed by atoms with Crippen LogP contribution in [0, 0.1) is 5.92 Å². The maximum atomic E-state index is 14.8. The van der Waals surface area contributed by atoms with Gasteiger partial charge in [0, 0.05) is 56.5 Å². The molecule has 4 atom stereocenters. The van der Waals surface area contributed by atoms with E-state index in [1.54, 1.807) is 67.2 Å². The second kappa shape index (κ2) is 32.2. The monoisotopic (exact) mass is 1270 g/mol. The van der Waals surface area contributed by atoms with Crippen molar-refractivity contribution in [2.45, 2.75) is 155 Å². The largest absolute Gasteiger partial charge is 0.493 e. The average molecular weight is 1270 g/mol. The highest BCUT2D eigenvalue weighted by Crippen LogP contribution is 2.41. The number of amides is 6. The van der Waals surface area contributed by atoms with E-state index in [-0.39, 0.29) is 113 Å². The Labute approximate surface area is 528 Å². The number of nitrogens with zero attached hydrogens (tertiary/aromatic N) is 2. The van der Waals surface area contributed by atoms with Crippen LogP contribution in [-0.2, 0) is 44.1 Å². The van der Waals surface area contributed by atoms with Crippen LogP contribution in [-0.4, -0.2) is 167 Å². The molecule has 3 aromatic carbocycles. The highest BCUT2D eigenvalue weighted by atomic mass is 28.4. The molecule has 0 bridgehead atoms. The van der Waals surface area contributed by atoms with Crippen molar-refractivity contribution >= 4 is 69.3 Å². The Balaban J connectivity index is 1.26. The fourth-order valence-electron chi connectivity index (χ4n) is 9.24. The van der Waals surface area contributed by atoms with Gasteiger partial charge in [-0.1, -0.05) is 91.8 Å². The van der Waals surface area contributed by atoms with Gasteiger partial charge in [0.05, 0.1) is 89.4 Å². The number of nitrogens with one attached hydrogen (secondary N) is 4. The number of benzene rings is 3. The smallest absolute Gasteiger partial charge is 0.411 e. The molecular weight excluding hydrogens is 1170 g/mol. The fraction of sp³-hybridized carbons (Fsp3) is 0.569. The van der Waals surface area contributed by atoms with Gasteiger partial charge >= 0.3 is 6.09 Å². The van der Waals surface area contributed by atoms with Crippen molar-refractivity contribution in [3.63, 3.8) is 0 Å². The van der Waals surface area contributed by atoms with Crippen LogP contribution in [0.2, 0.25) is 36.3 Å². The maximum absolute atomic E-state index is 14.8. The number of likely N-dealkylation sites (tertiary alicyclic amines) is 2. The molecule has 5 rings (SSSR count). The lowest BCUT2D eigenvalue weighted by Gasteiger charge is -2.38. The summed E-state index contributed by atoms with van der Waals surface area (Å²) in [5.74, 6) is -1.17. The molecule has 24 heteroatoms. The van der Waals surface area contributed by atoms with Gasteiger partial charge in [-0.2, -0.15) is 0 Å². The normalized spacial score (nSPS) is 16.2. The van der Waals surface area contributed by atoms with Crippen LogP contribution in [0.1, 0.15) is 114 Å². The molecule has 2 aliphatic heterocycles. The number of rotatable bonds is 31. The number of hydrogen-bond acceptors (Lipinski definition) is 16. The van der Waals surface area contributed by atoms with Gasteiger partial charge in [-0.3, -0.25) is 29.3 Å². The number of anilines is 3. The van der Waals surface area contributed by atoms with Crippen LogP contribution in [0.25, 0.3) is 0 Å². The Morgan fingerprint density at radius 2 is 1.17 bits per heavy atom. The summed E-state index contributed by atoms with van der Waals surface area (Å²) in [6.07, 6.45) is 0.710. The standard InChI is InChI=1S/C65H99N7O15Si2/c1-41(2)58(70-57(73)24-27-82-29-28-79-12)60(75)67-44(5)59(74)68-46-22-20-45(21-23-46)38-85-63(78)69-52-35-56(54(81-14)33-50(52)62(77)72-37-43(4)31-48(72)40-87-89(17,18)65(9,10)11)84-26-19-25-83-55-34-51(66)49(32-53(55)80-13)61(76)71-36-42(3)30-47(71)39-86-88(15,16)64(6,7)8/h20-23,32-35,41,44,47-48,58H,3-4,19,24-31,36-40,66H2,1-2,5-18H3,(H,67,75)(H,68,74)(H,69,78)(H,70,73)/t44-,47-,48-,58-/m0/s1. The molecule has 0 aliphatic carbocycles. The zero-order valence-corrected chi connectivity index (χ0v) is 57.4. The van der Waals surface area contributed by atoms with Gasteiger partial charge in [-0.15, -0.1) is 0 Å². The topological polar surface area (TPSA) is 266 Å². The van der Waals surface area contributed by atoms with Gasteiger partial charge in [0.25, 0.3) is 11.8 Å². The fourth-order valence-corrected chi connectivity index (χ4v) is 11.3. The van der Waals surface area contributed by atoms with Crippen LogP contribution in [0.5, 0.6) is 23.0 Å². The van der Waals surface area contributed by atoms with E-state index in [0.717, 1.165) is 11.1 Å². The number of nitrogens with two attached hydrogens (primary N) is 1. The minimum atomic E-state index is -2.21. The second-order valence-electron chi connectivity index (χ2n) is 26.2. The van der Waals surface area contributed by atoms with Crippen molar-refractivity contribution in [2.75, 3.05) is 97.0 Å². The zero-order valence-electron chi connectivity index (χ0n) is 55.4. The summed E-state index contributed by atoms with van der Waals surface area (Å²) in [7, 11) is 0.205. The third-order valence-corrected chi connectivity index (χ3v) is 25.8. The highest BCUT2D eigenvalue weighted by molar-refractivity contribution is 6.74. The molecule has 6 N–H and O–H groups in total. The van der Waals surface area contributed by atoms with E-state index in [0.29, 0.717) is 75.0 Å². The molecule has 6 amide bonds. The lowest BCUT2D eigenvalue weighted by atomic mass is 10.0. The van der Waals surface area contributed by atoms with Gasteiger partial charge in [0.15, 0.2) is 39.6 Å².